The van der Waals surface area contributed by atoms with Gasteiger partial charge in [0.2, 0.25) is 0 Å². The van der Waals surface area contributed by atoms with Crippen molar-refractivity contribution in [2.45, 2.75) is 31.6 Å². The number of anilines is 1. The third kappa shape index (κ3) is 3.68. The molecule has 0 atom stereocenters. The summed E-state index contributed by atoms with van der Waals surface area (Å²) in [6, 6.07) is 18.0. The van der Waals surface area contributed by atoms with E-state index in [0.717, 1.165) is 5.56 Å². The minimum absolute atomic E-state index is 0.0197. The van der Waals surface area contributed by atoms with Crippen molar-refractivity contribution in [1.82, 2.24) is 19.5 Å². The summed E-state index contributed by atoms with van der Waals surface area (Å²) in [7, 11) is 0. The van der Waals surface area contributed by atoms with Crippen LogP contribution >= 0.6 is 0 Å². The number of amides is 1. The topological polar surface area (TPSA) is 109 Å². The molecule has 4 aromatic rings. The highest BCUT2D eigenvalue weighted by Crippen LogP contribution is 2.44. The number of fused-ring (bicyclic) bond motifs is 3. The molecule has 1 fully saturated rings. The largest absolute Gasteiger partial charge is 0.477 e. The Bertz CT molecular complexity index is 1460. The molecule has 0 aliphatic carbocycles. The Morgan fingerprint density at radius 1 is 1.00 bits per heavy atom. The molecule has 6 rings (SSSR count). The van der Waals surface area contributed by atoms with Gasteiger partial charge in [-0.3, -0.25) is 4.79 Å². The minimum Gasteiger partial charge on any atom is -0.477 e. The van der Waals surface area contributed by atoms with E-state index in [2.05, 4.69) is 27.5 Å². The molecule has 4 heterocycles. The molecule has 0 unspecified atom stereocenters. The molecule has 0 radical (unpaired) electrons. The number of likely N-dealkylation sites (tertiary alicyclic amines) is 1. The molecule has 182 valence electrons. The maximum absolute atomic E-state index is 13.7. The molecular formula is C27H25N5O4. The molecule has 1 spiro atoms. The number of nitrogens with zero attached hydrogens (tertiary/aromatic N) is 4. The minimum atomic E-state index is -1.12. The van der Waals surface area contributed by atoms with E-state index in [0.29, 0.717) is 50.5 Å². The molecule has 0 saturated carbocycles. The van der Waals surface area contributed by atoms with Crippen molar-refractivity contribution in [3.05, 3.63) is 94.8 Å². The summed E-state index contributed by atoms with van der Waals surface area (Å²) in [5.41, 5.74) is 3.63. The monoisotopic (exact) mass is 483 g/mol. The SMILES string of the molecule is O=C(O)c1cnn2c(NCc3ccccc3)c(C(=O)N3CCC4(CC3)OCc3ccccc34)cnc12. The lowest BCUT2D eigenvalue weighted by atomic mass is 9.83. The van der Waals surface area contributed by atoms with Gasteiger partial charge in [-0.2, -0.15) is 9.61 Å². The van der Waals surface area contributed by atoms with E-state index in [1.54, 1.807) is 0 Å². The van der Waals surface area contributed by atoms with E-state index >= 15 is 0 Å². The van der Waals surface area contributed by atoms with Crippen LogP contribution in [0.15, 0.2) is 67.0 Å². The lowest BCUT2D eigenvalue weighted by molar-refractivity contribution is -0.0741. The highest BCUT2D eigenvalue weighted by Gasteiger charge is 2.43. The number of aromatic nitrogens is 3. The van der Waals surface area contributed by atoms with Crippen molar-refractivity contribution in [2.75, 3.05) is 18.4 Å². The van der Waals surface area contributed by atoms with E-state index in [4.69, 9.17) is 4.74 Å². The third-order valence-electron chi connectivity index (χ3n) is 7.16. The number of carbonyl (C=O) groups is 2. The fourth-order valence-corrected chi connectivity index (χ4v) is 5.23. The van der Waals surface area contributed by atoms with Gasteiger partial charge in [-0.25, -0.2) is 9.78 Å². The zero-order valence-corrected chi connectivity index (χ0v) is 19.6. The number of hydrogen-bond donors (Lipinski definition) is 2. The number of aromatic carboxylic acids is 1. The molecule has 2 aliphatic rings. The number of benzene rings is 2. The summed E-state index contributed by atoms with van der Waals surface area (Å²) in [5.74, 6) is -0.874. The van der Waals surface area contributed by atoms with Crippen LogP contribution in [0.1, 0.15) is 50.2 Å². The van der Waals surface area contributed by atoms with Crippen molar-refractivity contribution < 1.29 is 19.4 Å². The van der Waals surface area contributed by atoms with Gasteiger partial charge in [0.05, 0.1) is 18.4 Å². The highest BCUT2D eigenvalue weighted by atomic mass is 16.5. The summed E-state index contributed by atoms with van der Waals surface area (Å²) in [6.07, 6.45) is 4.13. The fourth-order valence-electron chi connectivity index (χ4n) is 5.23. The number of ether oxygens (including phenoxy) is 1. The first-order valence-corrected chi connectivity index (χ1v) is 12.0. The van der Waals surface area contributed by atoms with Crippen molar-refractivity contribution in [1.29, 1.82) is 0 Å². The van der Waals surface area contributed by atoms with Gasteiger partial charge >= 0.3 is 5.97 Å². The van der Waals surface area contributed by atoms with Gasteiger partial charge in [-0.15, -0.1) is 0 Å². The maximum atomic E-state index is 13.7. The molecule has 1 saturated heterocycles. The standard InChI is InChI=1S/C27H25N5O4/c33-25(31-12-10-27(11-13-31)22-9-5-4-8-19(22)17-36-27)20-15-29-24-21(26(34)35)16-30-32(24)23(20)28-14-18-6-2-1-3-7-18/h1-9,15-16,28H,10-14,17H2,(H,34,35). The van der Waals surface area contributed by atoms with Gasteiger partial charge in [0, 0.05) is 25.8 Å². The first-order valence-electron chi connectivity index (χ1n) is 12.0. The molecule has 2 N–H and O–H groups in total. The summed E-state index contributed by atoms with van der Waals surface area (Å²) in [6.45, 7) is 2.13. The van der Waals surface area contributed by atoms with Crippen molar-refractivity contribution in [3.8, 4) is 0 Å². The van der Waals surface area contributed by atoms with Gasteiger partial charge in [0.1, 0.15) is 16.9 Å². The molecule has 36 heavy (non-hydrogen) atoms. The lowest BCUT2D eigenvalue weighted by Gasteiger charge is -2.39. The summed E-state index contributed by atoms with van der Waals surface area (Å²) < 4.78 is 7.65. The third-order valence-corrected chi connectivity index (χ3v) is 7.16. The first kappa shape index (κ1) is 22.2. The first-order chi connectivity index (χ1) is 17.6. The van der Waals surface area contributed by atoms with Gasteiger partial charge in [0.25, 0.3) is 5.91 Å². The number of rotatable bonds is 5. The van der Waals surface area contributed by atoms with E-state index in [1.165, 1.54) is 28.0 Å². The predicted molar refractivity (Wildman–Crippen MR) is 132 cm³/mol. The van der Waals surface area contributed by atoms with Crippen LogP contribution in [-0.2, 0) is 23.5 Å². The fraction of sp³-hybridized carbons (Fsp3) is 0.259. The highest BCUT2D eigenvalue weighted by molar-refractivity contribution is 6.00. The molecule has 9 nitrogen and oxygen atoms in total. The molecule has 2 aromatic heterocycles. The summed E-state index contributed by atoms with van der Waals surface area (Å²) in [4.78, 5) is 31.5. The van der Waals surface area contributed by atoms with Crippen molar-refractivity contribution in [3.63, 3.8) is 0 Å². The molecule has 2 aromatic carbocycles. The quantitative estimate of drug-likeness (QED) is 0.445. The molecule has 9 heteroatoms. The maximum Gasteiger partial charge on any atom is 0.341 e. The Labute approximate surface area is 207 Å². The Hall–Kier alpha value is -4.24. The van der Waals surface area contributed by atoms with E-state index in [1.807, 2.05) is 47.4 Å². The van der Waals surface area contributed by atoms with Crippen LogP contribution in [0.5, 0.6) is 0 Å². The van der Waals surface area contributed by atoms with Gasteiger partial charge in [-0.1, -0.05) is 54.6 Å². The van der Waals surface area contributed by atoms with Crippen LogP contribution in [-0.4, -0.2) is 49.6 Å². The average molecular weight is 484 g/mol. The number of piperidine rings is 1. The van der Waals surface area contributed by atoms with Gasteiger partial charge < -0.3 is 20.1 Å². The number of hydrogen-bond acceptors (Lipinski definition) is 6. The van der Waals surface area contributed by atoms with Crippen LogP contribution in [0.4, 0.5) is 5.82 Å². The summed E-state index contributed by atoms with van der Waals surface area (Å²) >= 11 is 0. The van der Waals surface area contributed by atoms with Crippen LogP contribution < -0.4 is 5.32 Å². The Balaban J connectivity index is 1.29. The van der Waals surface area contributed by atoms with Crippen molar-refractivity contribution in [2.24, 2.45) is 0 Å². The van der Waals surface area contributed by atoms with E-state index < -0.39 is 5.97 Å². The Morgan fingerprint density at radius 3 is 2.53 bits per heavy atom. The van der Waals surface area contributed by atoms with Gasteiger partial charge in [0.15, 0.2) is 5.65 Å². The van der Waals surface area contributed by atoms with Crippen LogP contribution in [0.2, 0.25) is 0 Å². The Morgan fingerprint density at radius 2 is 1.75 bits per heavy atom. The molecule has 1 amide bonds. The van der Waals surface area contributed by atoms with Crippen LogP contribution in [0, 0.1) is 0 Å². The zero-order valence-electron chi connectivity index (χ0n) is 19.6. The van der Waals surface area contributed by atoms with Gasteiger partial charge in [-0.05, 0) is 29.5 Å². The smallest absolute Gasteiger partial charge is 0.341 e. The van der Waals surface area contributed by atoms with Crippen molar-refractivity contribution >= 4 is 23.3 Å². The zero-order chi connectivity index (χ0) is 24.7. The normalized spacial score (nSPS) is 16.3. The Kier molecular flexibility index (Phi) is 5.41. The average Bonchev–Trinajstić information content (AvgIpc) is 3.51. The molecule has 2 aliphatic heterocycles. The lowest BCUT2D eigenvalue weighted by Crippen LogP contribution is -2.45. The molecule has 0 bridgehead atoms. The number of carbonyl (C=O) groups excluding carboxylic acids is 1. The second-order valence-corrected chi connectivity index (χ2v) is 9.19. The second kappa shape index (κ2) is 8.76. The van der Waals surface area contributed by atoms with Crippen LogP contribution in [0.25, 0.3) is 5.65 Å². The summed E-state index contributed by atoms with van der Waals surface area (Å²) in [5, 5.41) is 17.1. The van der Waals surface area contributed by atoms with E-state index in [9.17, 15) is 14.7 Å². The van der Waals surface area contributed by atoms with E-state index in [-0.39, 0.29) is 22.7 Å². The second-order valence-electron chi connectivity index (χ2n) is 9.19. The number of nitrogens with one attached hydrogen (secondary N) is 1. The predicted octanol–water partition coefficient (Wildman–Crippen LogP) is 3.70. The molecular weight excluding hydrogens is 458 g/mol. The number of carboxylic acids is 1. The number of carboxylic acid groups (broad SMARTS) is 1. The van der Waals surface area contributed by atoms with Crippen LogP contribution in [0.3, 0.4) is 0 Å².